The van der Waals surface area contributed by atoms with Crippen molar-refractivity contribution in [1.82, 2.24) is 16.0 Å². The van der Waals surface area contributed by atoms with Gasteiger partial charge in [-0.15, -0.1) is 0 Å². The Bertz CT molecular complexity index is 921. The Morgan fingerprint density at radius 3 is 2.14 bits per heavy atom. The number of unbranched alkanes of at least 4 members (excludes halogenated alkanes) is 2. The molecule has 3 atom stereocenters. The SMILES string of the molecule is CCCCCC(=O)N[C@H](C(=O)N[C@@H](CCCNC(N)=O)C(=O)C(OC(N)=O)c1ccc(N)cc1)C(C)C. The number of nitrogens with two attached hydrogens (primary N) is 3. The van der Waals surface area contributed by atoms with Crippen molar-refractivity contribution in [2.24, 2.45) is 17.4 Å². The van der Waals surface area contributed by atoms with Crippen LogP contribution in [0.25, 0.3) is 0 Å². The summed E-state index contributed by atoms with van der Waals surface area (Å²) < 4.78 is 5.11. The number of urea groups is 1. The minimum atomic E-state index is -1.41. The highest BCUT2D eigenvalue weighted by Gasteiger charge is 2.34. The summed E-state index contributed by atoms with van der Waals surface area (Å²) in [5.74, 6) is -1.72. The van der Waals surface area contributed by atoms with Gasteiger partial charge in [0.15, 0.2) is 11.9 Å². The average molecular weight is 521 g/mol. The lowest BCUT2D eigenvalue weighted by molar-refractivity contribution is -0.135. The molecule has 0 heterocycles. The molecule has 0 aliphatic rings. The molecule has 5 amide bonds. The summed E-state index contributed by atoms with van der Waals surface area (Å²) in [7, 11) is 0. The summed E-state index contributed by atoms with van der Waals surface area (Å²) in [5, 5.41) is 7.86. The third kappa shape index (κ3) is 11.6. The fourth-order valence-corrected chi connectivity index (χ4v) is 3.64. The number of anilines is 1. The van der Waals surface area contributed by atoms with Crippen LogP contribution in [0.5, 0.6) is 0 Å². The second kappa shape index (κ2) is 16.0. The summed E-state index contributed by atoms with van der Waals surface area (Å²) in [4.78, 5) is 61.7. The van der Waals surface area contributed by atoms with E-state index in [-0.39, 0.29) is 37.6 Å². The summed E-state index contributed by atoms with van der Waals surface area (Å²) >= 11 is 0. The molecular weight excluding hydrogens is 480 g/mol. The predicted molar refractivity (Wildman–Crippen MR) is 139 cm³/mol. The van der Waals surface area contributed by atoms with Crippen molar-refractivity contribution in [3.05, 3.63) is 29.8 Å². The van der Waals surface area contributed by atoms with Gasteiger partial charge in [-0.05, 0) is 37.3 Å². The summed E-state index contributed by atoms with van der Waals surface area (Å²) in [6.07, 6.45) is 0.637. The molecule has 0 fully saturated rings. The molecule has 12 nitrogen and oxygen atoms in total. The number of benzene rings is 1. The molecule has 1 rings (SSSR count). The number of carbonyl (C=O) groups excluding carboxylic acids is 5. The zero-order valence-corrected chi connectivity index (χ0v) is 21.8. The van der Waals surface area contributed by atoms with E-state index in [1.54, 1.807) is 13.8 Å². The van der Waals surface area contributed by atoms with Gasteiger partial charge < -0.3 is 37.9 Å². The monoisotopic (exact) mass is 520 g/mol. The number of amides is 5. The van der Waals surface area contributed by atoms with E-state index >= 15 is 0 Å². The van der Waals surface area contributed by atoms with Gasteiger partial charge in [-0.1, -0.05) is 45.7 Å². The van der Waals surface area contributed by atoms with Crippen molar-refractivity contribution < 1.29 is 28.7 Å². The molecule has 9 N–H and O–H groups in total. The van der Waals surface area contributed by atoms with E-state index in [1.165, 1.54) is 24.3 Å². The Kier molecular flexibility index (Phi) is 13.5. The number of ketones is 1. The lowest BCUT2D eigenvalue weighted by Gasteiger charge is -2.27. The minimum Gasteiger partial charge on any atom is -0.433 e. The van der Waals surface area contributed by atoms with Gasteiger partial charge in [0, 0.05) is 24.2 Å². The van der Waals surface area contributed by atoms with Crippen LogP contribution in [0, 0.1) is 5.92 Å². The van der Waals surface area contributed by atoms with Crippen LogP contribution in [-0.4, -0.2) is 48.4 Å². The Morgan fingerprint density at radius 1 is 0.946 bits per heavy atom. The van der Waals surface area contributed by atoms with Crippen molar-refractivity contribution >= 4 is 35.4 Å². The summed E-state index contributed by atoms with van der Waals surface area (Å²) in [5.41, 5.74) is 16.8. The third-order valence-electron chi connectivity index (χ3n) is 5.63. The van der Waals surface area contributed by atoms with E-state index in [0.29, 0.717) is 17.7 Å². The van der Waals surface area contributed by atoms with Crippen LogP contribution >= 0.6 is 0 Å². The summed E-state index contributed by atoms with van der Waals surface area (Å²) in [6.45, 7) is 5.73. The maximum atomic E-state index is 13.5. The first kappa shape index (κ1) is 31.2. The zero-order chi connectivity index (χ0) is 28.0. The molecule has 0 spiro atoms. The van der Waals surface area contributed by atoms with Gasteiger partial charge in [0.1, 0.15) is 6.04 Å². The molecule has 0 aromatic heterocycles. The number of hydrogen-bond acceptors (Lipinski definition) is 7. The molecule has 1 aromatic rings. The minimum absolute atomic E-state index is 0.0910. The molecule has 12 heteroatoms. The largest absolute Gasteiger partial charge is 0.433 e. The van der Waals surface area contributed by atoms with Crippen LogP contribution in [0.2, 0.25) is 0 Å². The van der Waals surface area contributed by atoms with E-state index < -0.39 is 42.0 Å². The third-order valence-corrected chi connectivity index (χ3v) is 5.63. The van der Waals surface area contributed by atoms with Crippen LogP contribution in [0.3, 0.4) is 0 Å². The molecule has 0 aliphatic heterocycles. The van der Waals surface area contributed by atoms with E-state index in [0.717, 1.165) is 12.8 Å². The lowest BCUT2D eigenvalue weighted by atomic mass is 9.95. The van der Waals surface area contributed by atoms with Gasteiger partial charge in [-0.2, -0.15) is 0 Å². The van der Waals surface area contributed by atoms with Gasteiger partial charge in [-0.3, -0.25) is 14.4 Å². The highest BCUT2D eigenvalue weighted by atomic mass is 16.6. The first-order valence-electron chi connectivity index (χ1n) is 12.4. The molecule has 1 unspecified atom stereocenters. The van der Waals surface area contributed by atoms with E-state index in [9.17, 15) is 24.0 Å². The van der Waals surface area contributed by atoms with E-state index in [1.807, 2.05) is 6.92 Å². The lowest BCUT2D eigenvalue weighted by Crippen LogP contribution is -2.54. The number of nitrogen functional groups attached to an aromatic ring is 1. The van der Waals surface area contributed by atoms with Gasteiger partial charge >= 0.3 is 12.1 Å². The predicted octanol–water partition coefficient (Wildman–Crippen LogP) is 1.63. The molecule has 0 radical (unpaired) electrons. The van der Waals surface area contributed by atoms with Crippen LogP contribution in [0.15, 0.2) is 24.3 Å². The molecule has 37 heavy (non-hydrogen) atoms. The van der Waals surface area contributed by atoms with Crippen LogP contribution in [-0.2, 0) is 19.1 Å². The van der Waals surface area contributed by atoms with Crippen LogP contribution in [0.4, 0.5) is 15.3 Å². The van der Waals surface area contributed by atoms with Crippen molar-refractivity contribution in [3.8, 4) is 0 Å². The number of carbonyl (C=O) groups is 5. The molecule has 206 valence electrons. The first-order valence-corrected chi connectivity index (χ1v) is 12.4. The quantitative estimate of drug-likeness (QED) is 0.140. The van der Waals surface area contributed by atoms with Gasteiger partial charge in [0.05, 0.1) is 6.04 Å². The van der Waals surface area contributed by atoms with Crippen LogP contribution in [0.1, 0.15) is 71.0 Å². The Balaban J connectivity index is 3.14. The standard InChI is InChI=1S/C25H40N6O6/c1-4-5-6-9-19(32)31-20(15(2)3)23(34)30-18(8-7-14-29-24(27)35)21(33)22(37-25(28)36)16-10-12-17(26)13-11-16/h10-13,15,18,20,22H,4-9,14,26H2,1-3H3,(H2,28,36)(H,30,34)(H,31,32)(H3,27,29,35)/t18-,20-,22?/m0/s1. The molecule has 0 saturated carbocycles. The average Bonchev–Trinajstić information content (AvgIpc) is 2.82. The second-order valence-electron chi connectivity index (χ2n) is 9.13. The number of Topliss-reactive ketones (excluding diaryl/α,β-unsaturated/α-hetero) is 1. The van der Waals surface area contributed by atoms with Gasteiger partial charge in [-0.25, -0.2) is 9.59 Å². The Hall–Kier alpha value is -3.83. The number of primary amides is 2. The zero-order valence-electron chi connectivity index (χ0n) is 21.8. The first-order chi connectivity index (χ1) is 17.5. The number of rotatable bonds is 16. The maximum absolute atomic E-state index is 13.5. The second-order valence-corrected chi connectivity index (χ2v) is 9.13. The van der Waals surface area contributed by atoms with Crippen molar-refractivity contribution in [3.63, 3.8) is 0 Å². The van der Waals surface area contributed by atoms with Gasteiger partial charge in [0.2, 0.25) is 11.8 Å². The topological polar surface area (TPSA) is 209 Å². The van der Waals surface area contributed by atoms with E-state index in [4.69, 9.17) is 21.9 Å². The highest BCUT2D eigenvalue weighted by Crippen LogP contribution is 2.23. The smallest absolute Gasteiger partial charge is 0.405 e. The normalized spacial score (nSPS) is 13.2. The van der Waals surface area contributed by atoms with Crippen LogP contribution < -0.4 is 33.2 Å². The Labute approximate surface area is 217 Å². The van der Waals surface area contributed by atoms with Crippen molar-refractivity contribution in [2.45, 2.75) is 77.5 Å². The molecule has 0 bridgehead atoms. The fraction of sp³-hybridized carbons (Fsp3) is 0.560. The Morgan fingerprint density at radius 2 is 1.59 bits per heavy atom. The number of ether oxygens (including phenoxy) is 1. The van der Waals surface area contributed by atoms with E-state index in [2.05, 4.69) is 16.0 Å². The van der Waals surface area contributed by atoms with Crippen molar-refractivity contribution in [2.75, 3.05) is 12.3 Å². The molecule has 0 saturated heterocycles. The summed E-state index contributed by atoms with van der Waals surface area (Å²) in [6, 6.07) is 3.36. The highest BCUT2D eigenvalue weighted by molar-refractivity contribution is 5.96. The molecule has 1 aromatic carbocycles. The van der Waals surface area contributed by atoms with Crippen molar-refractivity contribution in [1.29, 1.82) is 0 Å². The fourth-order valence-electron chi connectivity index (χ4n) is 3.64. The number of nitrogens with one attached hydrogen (secondary N) is 3. The van der Waals surface area contributed by atoms with Gasteiger partial charge in [0.25, 0.3) is 0 Å². The maximum Gasteiger partial charge on any atom is 0.405 e. The molecular formula is C25H40N6O6. The molecule has 0 aliphatic carbocycles. The number of hydrogen-bond donors (Lipinski definition) is 6.